The summed E-state index contributed by atoms with van der Waals surface area (Å²) in [5.41, 5.74) is 4.28. The number of hydrogen-bond donors (Lipinski definition) is 3. The van der Waals surface area contributed by atoms with Gasteiger partial charge in [-0.15, -0.1) is 0 Å². The maximum absolute atomic E-state index is 13.5. The minimum absolute atomic E-state index is 0.206. The number of fused-ring (bicyclic) bond motifs is 14. The fourth-order valence-electron chi connectivity index (χ4n) is 11.3. The Morgan fingerprint density at radius 1 is 0.478 bits per heavy atom. The highest BCUT2D eigenvalue weighted by Crippen LogP contribution is 2.45. The molecule has 28 heteroatoms. The first-order chi connectivity index (χ1) is 44.7. The number of benzene rings is 4. The van der Waals surface area contributed by atoms with Crippen LogP contribution < -0.4 is 21.6 Å². The van der Waals surface area contributed by atoms with Crippen molar-refractivity contribution in [3.8, 4) is 0 Å². The van der Waals surface area contributed by atoms with E-state index in [1.165, 1.54) is 0 Å². The zero-order chi connectivity index (χ0) is 64.5. The molecular weight excluding hydrogens is 1230 g/mol. The second-order valence-corrected chi connectivity index (χ2v) is 35.2. The van der Waals surface area contributed by atoms with Gasteiger partial charge in [-0.25, -0.2) is 39.5 Å². The molecule has 92 heavy (non-hydrogen) atoms. The van der Waals surface area contributed by atoms with Gasteiger partial charge in [0.2, 0.25) is 5.91 Å². The molecule has 0 spiro atoms. The van der Waals surface area contributed by atoms with E-state index >= 15 is 0 Å². The first kappa shape index (κ1) is 67.6. The summed E-state index contributed by atoms with van der Waals surface area (Å²) < 4.78 is 64.6. The standard InChI is InChI=1S/C64H83N11O14Si3/c1-80-34-36-84-40-38-82-32-29-73(30-33-83-39-41-85-37-35-81-2)28-17-31-87-64(79)66-27-16-43-91(5,6)89-92(88-90(3,4)42-15-26-65-54(76)44-86-45-55(77)78)74-60-50-22-11-12-23-51(50)62(74)71-58-48-20-9-10-21-49(48)59(68-58)72-63-53-25-14-13-24-52(53)61(75(63)92)70-57-47-19-8-7-18-46(47)56(67-57)69-60/h7-14,18-25H,15-17,26-45H2,1-6H3,(H,65,76)(H,66,79)(H,77,78). The van der Waals surface area contributed by atoms with Crippen molar-refractivity contribution < 1.29 is 65.6 Å². The zero-order valence-electron chi connectivity index (χ0n) is 53.3. The molecule has 1 unspecified atom stereocenters. The van der Waals surface area contributed by atoms with Gasteiger partial charge < -0.3 is 61.9 Å². The Bertz CT molecular complexity index is 3670. The maximum Gasteiger partial charge on any atom is 0.582 e. The van der Waals surface area contributed by atoms with Crippen LogP contribution in [0, 0.1) is 0 Å². The van der Waals surface area contributed by atoms with Crippen LogP contribution in [0.2, 0.25) is 38.3 Å². The van der Waals surface area contributed by atoms with E-state index in [4.69, 9.17) is 81.2 Å². The Kier molecular flexibility index (Phi) is 23.5. The van der Waals surface area contributed by atoms with Gasteiger partial charge in [0, 0.05) is 90.7 Å². The van der Waals surface area contributed by atoms with Crippen molar-refractivity contribution in [2.45, 2.75) is 57.5 Å². The summed E-state index contributed by atoms with van der Waals surface area (Å²) in [5.74, 6) is 1.31. The minimum atomic E-state index is -4.61. The third-order valence-electron chi connectivity index (χ3n) is 15.7. The number of nitrogens with one attached hydrogen (secondary N) is 2. The van der Waals surface area contributed by atoms with Crippen LogP contribution in [0.4, 0.5) is 16.4 Å². The highest BCUT2D eigenvalue weighted by Gasteiger charge is 2.58. The van der Waals surface area contributed by atoms with E-state index in [0.29, 0.717) is 170 Å². The molecule has 0 radical (unpaired) electrons. The van der Waals surface area contributed by atoms with Crippen LogP contribution in [-0.2, 0) is 55.7 Å². The third kappa shape index (κ3) is 16.7. The number of carbonyl (C=O) groups is 3. The van der Waals surface area contributed by atoms with Gasteiger partial charge in [-0.05, 0) is 57.5 Å². The van der Waals surface area contributed by atoms with Crippen LogP contribution >= 0.6 is 0 Å². The Hall–Kier alpha value is -7.30. The van der Waals surface area contributed by atoms with Crippen LogP contribution in [-0.4, -0.2) is 218 Å². The first-order valence-electron chi connectivity index (χ1n) is 31.3. The number of aliphatic carboxylic acids is 1. The summed E-state index contributed by atoms with van der Waals surface area (Å²) in [6.45, 7) is 15.4. The number of rotatable bonds is 38. The molecule has 0 fully saturated rings. The molecular formula is C64H83N11O14Si3. The number of carbonyl (C=O) groups excluding carboxylic acids is 2. The predicted octanol–water partition coefficient (Wildman–Crippen LogP) is 6.59. The number of methoxy groups -OCH3 is 2. The van der Waals surface area contributed by atoms with E-state index < -0.39 is 50.1 Å². The Morgan fingerprint density at radius 2 is 0.902 bits per heavy atom. The molecule has 4 aliphatic rings. The average molecular weight is 1310 g/mol. The number of carboxylic acid groups (broad SMARTS) is 1. The van der Waals surface area contributed by atoms with Gasteiger partial charge in [-0.1, -0.05) is 97.1 Å². The van der Waals surface area contributed by atoms with E-state index in [2.05, 4.69) is 50.2 Å². The summed E-state index contributed by atoms with van der Waals surface area (Å²) in [6, 6.07) is 33.2. The van der Waals surface area contributed by atoms with Gasteiger partial charge in [0.15, 0.2) is 40.0 Å². The number of ether oxygens (including phenoxy) is 8. The highest BCUT2D eigenvalue weighted by atomic mass is 28.5. The summed E-state index contributed by atoms with van der Waals surface area (Å²) in [7, 11) is -7.55. The average Bonchev–Trinajstić information content (AvgIpc) is 1.51. The second-order valence-electron chi connectivity index (χ2n) is 23.5. The first-order valence-corrected chi connectivity index (χ1v) is 39.3. The fourth-order valence-corrected chi connectivity index (χ4v) is 23.9. The van der Waals surface area contributed by atoms with Crippen LogP contribution in [0.3, 0.4) is 0 Å². The topological polar surface area (TPSA) is 275 Å². The highest BCUT2D eigenvalue weighted by molar-refractivity contribution is 6.88. The van der Waals surface area contributed by atoms with Crippen LogP contribution in [0.15, 0.2) is 127 Å². The molecule has 25 nitrogen and oxygen atoms in total. The van der Waals surface area contributed by atoms with Gasteiger partial charge in [0.1, 0.15) is 35.8 Å². The van der Waals surface area contributed by atoms with Gasteiger partial charge >= 0.3 is 20.9 Å². The van der Waals surface area contributed by atoms with Crippen LogP contribution in [0.1, 0.15) is 41.5 Å². The number of amides is 2. The Morgan fingerprint density at radius 3 is 1.37 bits per heavy atom. The molecule has 6 aromatic rings. The molecule has 6 bridgehead atoms. The van der Waals surface area contributed by atoms with Crippen molar-refractivity contribution in [2.24, 2.45) is 30.0 Å². The molecule has 490 valence electrons. The number of aliphatic imine (C=N–C) groups is 4. The lowest BCUT2D eigenvalue weighted by Crippen LogP contribution is -2.70. The van der Waals surface area contributed by atoms with E-state index in [-0.39, 0.29) is 19.8 Å². The molecule has 0 saturated heterocycles. The SMILES string of the molecule is COCCOCCOCCN(CCCOC(=O)NCCC[Si](C)(C)O[Si]1(O[Si](C)(C)CCCNC(=O)COCC(=O)O)n2c3c4ccccc4c2N=C2N=C(N=c4c5ccccc5c(n41)=NC1=NC(=N3)c3ccccc31)c1ccccc12)CCOCCOCCOC. The summed E-state index contributed by atoms with van der Waals surface area (Å²) in [6.07, 6.45) is 1.13. The minimum Gasteiger partial charge on any atom is -0.480 e. The van der Waals surface area contributed by atoms with Crippen LogP contribution in [0.5, 0.6) is 0 Å². The molecule has 2 amide bonds. The monoisotopic (exact) mass is 1310 g/mol. The normalized spacial score (nSPS) is 15.5. The predicted molar refractivity (Wildman–Crippen MR) is 356 cm³/mol. The number of alkyl carbamates (subject to hydrolysis) is 1. The molecule has 6 heterocycles. The summed E-state index contributed by atoms with van der Waals surface area (Å²) >= 11 is 0. The van der Waals surface area contributed by atoms with Crippen molar-refractivity contribution in [2.75, 3.05) is 133 Å². The van der Waals surface area contributed by atoms with E-state index in [1.54, 1.807) is 14.2 Å². The smallest absolute Gasteiger partial charge is 0.480 e. The second kappa shape index (κ2) is 32.0. The Balaban J connectivity index is 0.969. The van der Waals surface area contributed by atoms with Gasteiger partial charge in [-0.3, -0.25) is 18.2 Å². The molecule has 0 aliphatic carbocycles. The van der Waals surface area contributed by atoms with Gasteiger partial charge in [0.25, 0.3) is 0 Å². The van der Waals surface area contributed by atoms with E-state index in [0.717, 1.165) is 43.8 Å². The van der Waals surface area contributed by atoms with Crippen molar-refractivity contribution in [3.63, 3.8) is 0 Å². The van der Waals surface area contributed by atoms with Crippen molar-refractivity contribution >= 4 is 100 Å². The lowest BCUT2D eigenvalue weighted by Gasteiger charge is -2.43. The lowest BCUT2D eigenvalue weighted by atomic mass is 10.1. The third-order valence-corrected chi connectivity index (χ3v) is 27.3. The number of aromatic nitrogens is 2. The van der Waals surface area contributed by atoms with Crippen molar-refractivity contribution in [3.05, 3.63) is 130 Å². The quantitative estimate of drug-likeness (QED) is 0.0272. The molecule has 4 aliphatic heterocycles. The maximum atomic E-state index is 13.5. The largest absolute Gasteiger partial charge is 0.582 e. The molecule has 1 atom stereocenters. The van der Waals surface area contributed by atoms with Crippen molar-refractivity contribution in [1.29, 1.82) is 0 Å². The molecule has 3 N–H and O–H groups in total. The Labute approximate surface area is 537 Å². The summed E-state index contributed by atoms with van der Waals surface area (Å²) in [4.78, 5) is 72.7. The number of nitrogens with zero attached hydrogens (tertiary/aromatic N) is 9. The fraction of sp³-hybridized carbons (Fsp3) is 0.453. The molecule has 4 aromatic carbocycles. The van der Waals surface area contributed by atoms with Crippen LogP contribution in [0.25, 0.3) is 21.5 Å². The number of hydrogen-bond acceptors (Lipinski definition) is 20. The van der Waals surface area contributed by atoms with Gasteiger partial charge in [-0.2, -0.15) is 0 Å². The van der Waals surface area contributed by atoms with E-state index in [9.17, 15) is 14.4 Å². The molecule has 10 rings (SSSR count). The number of carboxylic acids is 1. The lowest BCUT2D eigenvalue weighted by molar-refractivity contribution is -0.143. The molecule has 2 aromatic heterocycles. The summed E-state index contributed by atoms with van der Waals surface area (Å²) in [5, 5.41) is 18.2. The van der Waals surface area contributed by atoms with Crippen molar-refractivity contribution in [1.82, 2.24) is 24.0 Å². The van der Waals surface area contributed by atoms with Gasteiger partial charge in [0.05, 0.1) is 72.7 Å². The number of amidine groups is 4. The zero-order valence-corrected chi connectivity index (χ0v) is 56.3. The van der Waals surface area contributed by atoms with E-state index in [1.807, 2.05) is 97.1 Å². The molecule has 0 saturated carbocycles.